The molecule has 1 fully saturated rings. The van der Waals surface area contributed by atoms with E-state index >= 15 is 0 Å². The van der Waals surface area contributed by atoms with Gasteiger partial charge in [-0.15, -0.1) is 11.3 Å². The Morgan fingerprint density at radius 3 is 2.61 bits per heavy atom. The van der Waals surface area contributed by atoms with Crippen molar-refractivity contribution < 1.29 is 19.1 Å². The first-order valence-electron chi connectivity index (χ1n) is 10.6. The lowest BCUT2D eigenvalue weighted by molar-refractivity contribution is -0.132. The number of para-hydroxylation sites is 1. The van der Waals surface area contributed by atoms with Crippen molar-refractivity contribution in [1.29, 1.82) is 0 Å². The van der Waals surface area contributed by atoms with Crippen molar-refractivity contribution in [3.8, 4) is 11.5 Å². The van der Waals surface area contributed by atoms with Gasteiger partial charge in [-0.1, -0.05) is 29.8 Å². The molecule has 1 N–H and O–H groups in total. The van der Waals surface area contributed by atoms with E-state index in [2.05, 4.69) is 10.3 Å². The highest BCUT2D eigenvalue weighted by Crippen LogP contribution is 2.22. The Morgan fingerprint density at radius 2 is 1.85 bits per heavy atom. The summed E-state index contributed by atoms with van der Waals surface area (Å²) in [7, 11) is 0. The number of halogens is 1. The van der Waals surface area contributed by atoms with Gasteiger partial charge in [-0.3, -0.25) is 9.59 Å². The average Bonchev–Trinajstić information content (AvgIpc) is 3.44. The summed E-state index contributed by atoms with van der Waals surface area (Å²) in [6.45, 7) is 3.11. The fraction of sp³-hybridized carbons (Fsp3) is 0.292. The number of carbonyl (C=O) groups excluding carboxylic acids is 2. The molecule has 1 atom stereocenters. The van der Waals surface area contributed by atoms with Crippen LogP contribution >= 0.6 is 22.9 Å². The minimum Gasteiger partial charge on any atom is -0.486 e. The highest BCUT2D eigenvalue weighted by molar-refractivity contribution is 7.13. The lowest BCUT2D eigenvalue weighted by Crippen LogP contribution is -2.39. The molecule has 1 aromatic heterocycles. The molecule has 0 saturated carbocycles. The normalized spacial score (nSPS) is 15.3. The van der Waals surface area contributed by atoms with Gasteiger partial charge in [-0.25, -0.2) is 4.98 Å². The monoisotopic (exact) mass is 485 g/mol. The van der Waals surface area contributed by atoms with E-state index in [1.54, 1.807) is 29.2 Å². The molecule has 0 aliphatic carbocycles. The summed E-state index contributed by atoms with van der Waals surface area (Å²) in [4.78, 5) is 32.0. The van der Waals surface area contributed by atoms with Gasteiger partial charge >= 0.3 is 0 Å². The third-order valence-electron chi connectivity index (χ3n) is 5.20. The van der Waals surface area contributed by atoms with Gasteiger partial charge in [-0.05, 0) is 49.7 Å². The fourth-order valence-corrected chi connectivity index (χ4v) is 4.52. The Balaban J connectivity index is 1.26. The number of benzene rings is 2. The van der Waals surface area contributed by atoms with Crippen LogP contribution in [0.25, 0.3) is 0 Å². The van der Waals surface area contributed by atoms with E-state index in [0.29, 0.717) is 51.6 Å². The van der Waals surface area contributed by atoms with Crippen molar-refractivity contribution >= 4 is 34.8 Å². The highest BCUT2D eigenvalue weighted by atomic mass is 35.5. The molecular weight excluding hydrogens is 462 g/mol. The third kappa shape index (κ3) is 6.24. The van der Waals surface area contributed by atoms with Crippen LogP contribution in [-0.2, 0) is 11.4 Å². The van der Waals surface area contributed by atoms with Crippen LogP contribution < -0.4 is 14.8 Å². The Morgan fingerprint density at radius 1 is 1.12 bits per heavy atom. The predicted octanol–water partition coefficient (Wildman–Crippen LogP) is 4.09. The molecular formula is C24H24ClN3O4S. The van der Waals surface area contributed by atoms with Gasteiger partial charge in [0.1, 0.15) is 28.0 Å². The number of nitrogens with one attached hydrogen (secondary N) is 1. The zero-order valence-corrected chi connectivity index (χ0v) is 19.7. The van der Waals surface area contributed by atoms with E-state index in [1.807, 2.05) is 37.3 Å². The molecule has 1 aliphatic heterocycles. The van der Waals surface area contributed by atoms with Gasteiger partial charge in [-0.2, -0.15) is 0 Å². The third-order valence-corrected chi connectivity index (χ3v) is 6.59. The van der Waals surface area contributed by atoms with Crippen LogP contribution in [0.3, 0.4) is 0 Å². The van der Waals surface area contributed by atoms with Crippen LogP contribution in [0.1, 0.15) is 26.8 Å². The van der Waals surface area contributed by atoms with Crippen LogP contribution in [0.4, 0.5) is 0 Å². The largest absolute Gasteiger partial charge is 0.486 e. The molecule has 0 spiro atoms. The van der Waals surface area contributed by atoms with Crippen LogP contribution in [0.5, 0.6) is 11.5 Å². The summed E-state index contributed by atoms with van der Waals surface area (Å²) in [5, 5.41) is 4.39. The van der Waals surface area contributed by atoms with Crippen molar-refractivity contribution in [3.63, 3.8) is 0 Å². The zero-order chi connectivity index (χ0) is 23.2. The summed E-state index contributed by atoms with van der Waals surface area (Å²) < 4.78 is 11.3. The lowest BCUT2D eigenvalue weighted by Gasteiger charge is -2.17. The van der Waals surface area contributed by atoms with E-state index in [1.165, 1.54) is 11.3 Å². The van der Waals surface area contributed by atoms with Gasteiger partial charge in [0.25, 0.3) is 11.8 Å². The number of amides is 2. The van der Waals surface area contributed by atoms with Gasteiger partial charge in [0.15, 0.2) is 6.61 Å². The summed E-state index contributed by atoms with van der Waals surface area (Å²) in [5.74, 6) is 1.07. The van der Waals surface area contributed by atoms with E-state index in [9.17, 15) is 9.59 Å². The Labute approximate surface area is 201 Å². The summed E-state index contributed by atoms with van der Waals surface area (Å²) in [5.41, 5.74) is 0.661. The molecule has 4 rings (SSSR count). The Hall–Kier alpha value is -3.10. The molecule has 9 heteroatoms. The van der Waals surface area contributed by atoms with Gasteiger partial charge in [0.05, 0.1) is 5.69 Å². The van der Waals surface area contributed by atoms with E-state index < -0.39 is 0 Å². The molecule has 3 aromatic rings. The number of ether oxygens (including phenoxy) is 2. The Bertz CT molecular complexity index is 1100. The maximum absolute atomic E-state index is 12.8. The molecule has 0 bridgehead atoms. The number of rotatable bonds is 8. The van der Waals surface area contributed by atoms with Gasteiger partial charge in [0, 0.05) is 24.2 Å². The molecule has 2 aromatic carbocycles. The van der Waals surface area contributed by atoms with E-state index in [-0.39, 0.29) is 31.1 Å². The van der Waals surface area contributed by atoms with Crippen molar-refractivity contribution in [2.45, 2.75) is 26.0 Å². The fourth-order valence-electron chi connectivity index (χ4n) is 3.51. The maximum atomic E-state index is 12.8. The second kappa shape index (κ2) is 10.7. The number of hydrogen-bond donors (Lipinski definition) is 1. The topological polar surface area (TPSA) is 80.8 Å². The molecule has 7 nitrogen and oxygen atoms in total. The number of hydrogen-bond acceptors (Lipinski definition) is 6. The van der Waals surface area contributed by atoms with Crippen LogP contribution in [-0.4, -0.2) is 47.4 Å². The first-order valence-corrected chi connectivity index (χ1v) is 11.8. The van der Waals surface area contributed by atoms with Gasteiger partial charge < -0.3 is 19.7 Å². The number of thiazole rings is 1. The standard InChI is InChI=1S/C24H24ClN3O4S/c1-16-23(33-21(26-16)14-31-20-9-7-17(25)8-10-20)24(30)27-18-11-12-28(13-18)22(29)15-32-19-5-3-2-4-6-19/h2-10,18H,11-15H2,1H3,(H,27,30). The van der Waals surface area contributed by atoms with E-state index in [0.717, 1.165) is 0 Å². The molecule has 0 radical (unpaired) electrons. The first kappa shape index (κ1) is 23.1. The molecule has 1 saturated heterocycles. The van der Waals surface area contributed by atoms with Crippen LogP contribution in [0.15, 0.2) is 54.6 Å². The number of aromatic nitrogens is 1. The lowest BCUT2D eigenvalue weighted by atomic mass is 10.2. The quantitative estimate of drug-likeness (QED) is 0.519. The maximum Gasteiger partial charge on any atom is 0.263 e. The molecule has 1 unspecified atom stereocenters. The second-order valence-electron chi connectivity index (χ2n) is 7.67. The number of aryl methyl sites for hydroxylation is 1. The Kier molecular flexibility index (Phi) is 7.47. The molecule has 33 heavy (non-hydrogen) atoms. The van der Waals surface area contributed by atoms with Crippen molar-refractivity contribution in [2.75, 3.05) is 19.7 Å². The van der Waals surface area contributed by atoms with Gasteiger partial charge in [0.2, 0.25) is 0 Å². The average molecular weight is 486 g/mol. The van der Waals surface area contributed by atoms with Crippen molar-refractivity contribution in [1.82, 2.24) is 15.2 Å². The molecule has 1 aliphatic rings. The highest BCUT2D eigenvalue weighted by Gasteiger charge is 2.28. The van der Waals surface area contributed by atoms with Crippen LogP contribution in [0, 0.1) is 6.92 Å². The predicted molar refractivity (Wildman–Crippen MR) is 127 cm³/mol. The smallest absolute Gasteiger partial charge is 0.263 e. The summed E-state index contributed by atoms with van der Waals surface area (Å²) >= 11 is 7.20. The zero-order valence-electron chi connectivity index (χ0n) is 18.1. The minimum absolute atomic E-state index is 0.0182. The SMILES string of the molecule is Cc1nc(COc2ccc(Cl)cc2)sc1C(=O)NC1CCN(C(=O)COc2ccccc2)C1. The molecule has 172 valence electrons. The van der Waals surface area contributed by atoms with E-state index in [4.69, 9.17) is 21.1 Å². The first-order chi connectivity index (χ1) is 16.0. The molecule has 2 heterocycles. The number of carbonyl (C=O) groups is 2. The minimum atomic E-state index is -0.178. The number of nitrogens with zero attached hydrogens (tertiary/aromatic N) is 2. The molecule has 2 amide bonds. The van der Waals surface area contributed by atoms with Crippen molar-refractivity contribution in [3.05, 3.63) is 75.2 Å². The van der Waals surface area contributed by atoms with Crippen LogP contribution in [0.2, 0.25) is 5.02 Å². The second-order valence-corrected chi connectivity index (χ2v) is 9.19. The summed E-state index contributed by atoms with van der Waals surface area (Å²) in [6.07, 6.45) is 0.702. The summed E-state index contributed by atoms with van der Waals surface area (Å²) in [6, 6.07) is 16.2. The number of likely N-dealkylation sites (tertiary alicyclic amines) is 1. The van der Waals surface area contributed by atoms with Crippen molar-refractivity contribution in [2.24, 2.45) is 0 Å².